The molecule has 0 spiro atoms. The highest BCUT2D eigenvalue weighted by atomic mass is 15.6. The molecule has 0 saturated carbocycles. The van der Waals surface area contributed by atoms with E-state index in [0.29, 0.717) is 18.1 Å². The standard InChI is InChI=1S/C13H22N4/c1-4-10-13-11(5-8(2)15-10)16-17-9(3)6-14-7-12(13)17/h7-10,14-16H,4-6H2,1-3H3. The average Bonchev–Trinajstić information content (AvgIpc) is 2.68. The van der Waals surface area contributed by atoms with Gasteiger partial charge >= 0.3 is 0 Å². The molecule has 3 N–H and O–H groups in total. The van der Waals surface area contributed by atoms with Gasteiger partial charge in [0.1, 0.15) is 0 Å². The number of hydrogen-bond acceptors (Lipinski definition) is 4. The fraction of sp³-hybridized carbons (Fsp3) is 0.692. The van der Waals surface area contributed by atoms with Gasteiger partial charge in [0.05, 0.1) is 11.7 Å². The zero-order valence-electron chi connectivity index (χ0n) is 10.9. The minimum Gasteiger partial charge on any atom is -0.387 e. The highest BCUT2D eigenvalue weighted by Gasteiger charge is 2.38. The molecule has 3 rings (SSSR count). The van der Waals surface area contributed by atoms with E-state index in [4.69, 9.17) is 0 Å². The van der Waals surface area contributed by atoms with E-state index < -0.39 is 0 Å². The van der Waals surface area contributed by atoms with E-state index in [1.165, 1.54) is 17.0 Å². The molecule has 94 valence electrons. The fourth-order valence-electron chi connectivity index (χ4n) is 3.12. The number of rotatable bonds is 1. The summed E-state index contributed by atoms with van der Waals surface area (Å²) in [5, 5.41) is 9.40. The number of hydrogen-bond donors (Lipinski definition) is 3. The molecule has 3 aliphatic rings. The quantitative estimate of drug-likeness (QED) is 0.634. The summed E-state index contributed by atoms with van der Waals surface area (Å²) in [6, 6.07) is 1.56. The lowest BCUT2D eigenvalue weighted by Crippen LogP contribution is -2.47. The van der Waals surface area contributed by atoms with Crippen molar-refractivity contribution in [3.63, 3.8) is 0 Å². The lowest BCUT2D eigenvalue weighted by Gasteiger charge is -2.33. The number of fused-ring (bicyclic) bond motifs is 2. The Morgan fingerprint density at radius 1 is 1.41 bits per heavy atom. The van der Waals surface area contributed by atoms with Gasteiger partial charge in [0, 0.05) is 42.5 Å². The molecule has 0 radical (unpaired) electrons. The van der Waals surface area contributed by atoms with E-state index in [1.54, 1.807) is 0 Å². The van der Waals surface area contributed by atoms with Gasteiger partial charge in [-0.1, -0.05) is 6.92 Å². The summed E-state index contributed by atoms with van der Waals surface area (Å²) in [5.74, 6) is 0. The molecule has 3 atom stereocenters. The van der Waals surface area contributed by atoms with Gasteiger partial charge < -0.3 is 16.1 Å². The van der Waals surface area contributed by atoms with E-state index in [-0.39, 0.29) is 0 Å². The lowest BCUT2D eigenvalue weighted by atomic mass is 9.92. The van der Waals surface area contributed by atoms with E-state index in [1.807, 2.05) is 0 Å². The third-order valence-corrected chi connectivity index (χ3v) is 3.96. The Hall–Kier alpha value is -1.16. The highest BCUT2D eigenvalue weighted by Crippen LogP contribution is 2.35. The molecule has 0 aromatic heterocycles. The van der Waals surface area contributed by atoms with Crippen LogP contribution in [-0.4, -0.2) is 29.7 Å². The first kappa shape index (κ1) is 11.0. The van der Waals surface area contributed by atoms with Crippen LogP contribution in [0.1, 0.15) is 33.6 Å². The van der Waals surface area contributed by atoms with Crippen molar-refractivity contribution >= 4 is 0 Å². The van der Waals surface area contributed by atoms with Crippen molar-refractivity contribution in [1.29, 1.82) is 0 Å². The van der Waals surface area contributed by atoms with Gasteiger partial charge in [-0.3, -0.25) is 5.01 Å². The van der Waals surface area contributed by atoms with Crippen molar-refractivity contribution in [2.24, 2.45) is 0 Å². The number of hydrazine groups is 1. The first-order chi connectivity index (χ1) is 8.20. The minimum atomic E-state index is 0.490. The molecule has 3 heterocycles. The van der Waals surface area contributed by atoms with Crippen molar-refractivity contribution < 1.29 is 0 Å². The second kappa shape index (κ2) is 3.95. The monoisotopic (exact) mass is 234 g/mol. The maximum absolute atomic E-state index is 3.69. The molecule has 17 heavy (non-hydrogen) atoms. The normalized spacial score (nSPS) is 35.8. The molecule has 0 bridgehead atoms. The second-order valence-corrected chi connectivity index (χ2v) is 5.39. The van der Waals surface area contributed by atoms with Crippen LogP contribution in [-0.2, 0) is 0 Å². The topological polar surface area (TPSA) is 39.3 Å². The molecular weight excluding hydrogens is 212 g/mol. The second-order valence-electron chi connectivity index (χ2n) is 5.39. The molecule has 0 saturated heterocycles. The van der Waals surface area contributed by atoms with Gasteiger partial charge in [-0.2, -0.15) is 0 Å². The van der Waals surface area contributed by atoms with Gasteiger partial charge in [-0.15, -0.1) is 0 Å². The van der Waals surface area contributed by atoms with Crippen LogP contribution in [0.3, 0.4) is 0 Å². The molecule has 4 heteroatoms. The van der Waals surface area contributed by atoms with Gasteiger partial charge in [0.15, 0.2) is 0 Å². The molecule has 3 unspecified atom stereocenters. The van der Waals surface area contributed by atoms with E-state index in [0.717, 1.165) is 19.4 Å². The van der Waals surface area contributed by atoms with E-state index in [9.17, 15) is 0 Å². The van der Waals surface area contributed by atoms with Crippen LogP contribution >= 0.6 is 0 Å². The van der Waals surface area contributed by atoms with Crippen molar-refractivity contribution in [2.45, 2.75) is 51.7 Å². The maximum Gasteiger partial charge on any atom is 0.0798 e. The minimum absolute atomic E-state index is 0.490. The Balaban J connectivity index is 1.97. The van der Waals surface area contributed by atoms with Crippen LogP contribution < -0.4 is 16.1 Å². The van der Waals surface area contributed by atoms with Gasteiger partial charge in [0.25, 0.3) is 0 Å². The molecule has 3 aliphatic heterocycles. The molecule has 0 amide bonds. The molecular formula is C13H22N4. The zero-order valence-corrected chi connectivity index (χ0v) is 10.9. The largest absolute Gasteiger partial charge is 0.387 e. The molecule has 4 nitrogen and oxygen atoms in total. The Labute approximate surface area is 103 Å². The Morgan fingerprint density at radius 3 is 3.00 bits per heavy atom. The van der Waals surface area contributed by atoms with Gasteiger partial charge in [-0.05, 0) is 20.3 Å². The van der Waals surface area contributed by atoms with E-state index in [2.05, 4.69) is 48.0 Å². The van der Waals surface area contributed by atoms with Crippen molar-refractivity contribution in [2.75, 3.05) is 6.54 Å². The lowest BCUT2D eigenvalue weighted by molar-refractivity contribution is 0.213. The Bertz CT molecular complexity index is 385. The third kappa shape index (κ3) is 1.62. The molecule has 0 fully saturated rings. The summed E-state index contributed by atoms with van der Waals surface area (Å²) < 4.78 is 0. The van der Waals surface area contributed by atoms with Crippen LogP contribution in [0, 0.1) is 0 Å². The summed E-state index contributed by atoms with van der Waals surface area (Å²) in [6.07, 6.45) is 4.41. The first-order valence-electron chi connectivity index (χ1n) is 6.69. The number of nitrogens with zero attached hydrogens (tertiary/aromatic N) is 1. The Morgan fingerprint density at radius 2 is 2.24 bits per heavy atom. The maximum atomic E-state index is 3.69. The van der Waals surface area contributed by atoms with E-state index >= 15 is 0 Å². The van der Waals surface area contributed by atoms with Gasteiger partial charge in [0.2, 0.25) is 0 Å². The van der Waals surface area contributed by atoms with Gasteiger partial charge in [-0.25, -0.2) is 0 Å². The predicted octanol–water partition coefficient (Wildman–Crippen LogP) is 1.05. The summed E-state index contributed by atoms with van der Waals surface area (Å²) in [4.78, 5) is 0. The molecule has 0 aromatic carbocycles. The summed E-state index contributed by atoms with van der Waals surface area (Å²) in [5.41, 5.74) is 7.84. The van der Waals surface area contributed by atoms with Crippen LogP contribution in [0.2, 0.25) is 0 Å². The molecule has 0 aromatic rings. The first-order valence-corrected chi connectivity index (χ1v) is 6.69. The number of nitrogens with one attached hydrogen (secondary N) is 3. The van der Waals surface area contributed by atoms with Crippen molar-refractivity contribution in [3.05, 3.63) is 23.2 Å². The summed E-state index contributed by atoms with van der Waals surface area (Å²) in [6.45, 7) is 7.78. The third-order valence-electron chi connectivity index (χ3n) is 3.96. The van der Waals surface area contributed by atoms with Crippen LogP contribution in [0.5, 0.6) is 0 Å². The highest BCUT2D eigenvalue weighted by molar-refractivity contribution is 5.44. The van der Waals surface area contributed by atoms with Crippen LogP contribution in [0.15, 0.2) is 23.2 Å². The summed E-state index contributed by atoms with van der Waals surface area (Å²) in [7, 11) is 0. The van der Waals surface area contributed by atoms with Crippen molar-refractivity contribution in [3.8, 4) is 0 Å². The SMILES string of the molecule is CCC1NC(C)CC2=C1C1=CNCC(C)N1N2. The average molecular weight is 234 g/mol. The predicted molar refractivity (Wildman–Crippen MR) is 68.8 cm³/mol. The smallest absolute Gasteiger partial charge is 0.0798 e. The Kier molecular flexibility index (Phi) is 2.54. The van der Waals surface area contributed by atoms with Crippen LogP contribution in [0.25, 0.3) is 0 Å². The fourth-order valence-corrected chi connectivity index (χ4v) is 3.12. The summed E-state index contributed by atoms with van der Waals surface area (Å²) >= 11 is 0. The zero-order chi connectivity index (χ0) is 12.0. The van der Waals surface area contributed by atoms with Crippen molar-refractivity contribution in [1.82, 2.24) is 21.1 Å². The van der Waals surface area contributed by atoms with Crippen LogP contribution in [0.4, 0.5) is 0 Å². The molecule has 0 aliphatic carbocycles.